The van der Waals surface area contributed by atoms with Gasteiger partial charge in [0.25, 0.3) is 5.91 Å². The van der Waals surface area contributed by atoms with Crippen LogP contribution in [0.1, 0.15) is 53.5 Å². The molecule has 8 heteroatoms. The van der Waals surface area contributed by atoms with E-state index in [-0.39, 0.29) is 29.9 Å². The number of aromatic nitrogens is 1. The summed E-state index contributed by atoms with van der Waals surface area (Å²) in [5, 5.41) is 12.9. The van der Waals surface area contributed by atoms with Crippen LogP contribution in [-0.2, 0) is 5.75 Å². The van der Waals surface area contributed by atoms with Gasteiger partial charge in [0, 0.05) is 40.9 Å². The maximum absolute atomic E-state index is 13.7. The van der Waals surface area contributed by atoms with Crippen LogP contribution in [0.25, 0.3) is 0 Å². The lowest BCUT2D eigenvalue weighted by atomic mass is 9.91. The third kappa shape index (κ3) is 2.98. The summed E-state index contributed by atoms with van der Waals surface area (Å²) in [6, 6.07) is 15.4. The number of thioether (sulfide) groups is 1. The van der Waals surface area contributed by atoms with Gasteiger partial charge in [-0.25, -0.2) is 0 Å². The molecule has 0 spiro atoms. The Kier molecular flexibility index (Phi) is 4.88. The fraction of sp³-hybridized carbons (Fsp3) is 0.308. The number of amides is 1. The maximum atomic E-state index is 13.7. The number of hydrogen-bond acceptors (Lipinski definition) is 6. The van der Waals surface area contributed by atoms with Crippen molar-refractivity contribution in [2.75, 3.05) is 11.6 Å². The minimum Gasteiger partial charge on any atom is -0.502 e. The molecule has 2 atom stereocenters. The topological polar surface area (TPSA) is 75.0 Å². The minimum atomic E-state index is -0.560. The van der Waals surface area contributed by atoms with Crippen molar-refractivity contribution >= 4 is 17.7 Å². The molecule has 34 heavy (non-hydrogen) atoms. The zero-order valence-electron chi connectivity index (χ0n) is 19.0. The standard InChI is InChI=1S/C26H25N3O4S/c1-15(2)28-21-11-13-33-19-8-5-6-16-14-34-20-9-4-3-7-17(20)23(22(16)19)29(21)27-12-10-18(30)25(31)24(27)26(28)32/h3-10,12,15,21,23,31H,11,13-14H2,1-2H3. The molecule has 1 aromatic heterocycles. The number of fused-ring (bicyclic) bond motifs is 6. The highest BCUT2D eigenvalue weighted by Crippen LogP contribution is 2.48. The van der Waals surface area contributed by atoms with Gasteiger partial charge in [-0.15, -0.1) is 11.8 Å². The van der Waals surface area contributed by atoms with Gasteiger partial charge in [0.05, 0.1) is 6.61 Å². The monoisotopic (exact) mass is 475 g/mol. The van der Waals surface area contributed by atoms with Gasteiger partial charge in [0.2, 0.25) is 5.43 Å². The summed E-state index contributed by atoms with van der Waals surface area (Å²) in [6.45, 7) is 4.36. The summed E-state index contributed by atoms with van der Waals surface area (Å²) in [4.78, 5) is 29.0. The Morgan fingerprint density at radius 1 is 1.09 bits per heavy atom. The number of hydrogen-bond donors (Lipinski definition) is 1. The average molecular weight is 476 g/mol. The molecule has 7 nitrogen and oxygen atoms in total. The molecule has 3 aliphatic heterocycles. The van der Waals surface area contributed by atoms with Crippen LogP contribution in [-0.4, -0.2) is 39.4 Å². The maximum Gasteiger partial charge on any atom is 0.278 e. The summed E-state index contributed by atoms with van der Waals surface area (Å²) in [5.74, 6) is 0.766. The summed E-state index contributed by atoms with van der Waals surface area (Å²) in [5.41, 5.74) is 2.79. The molecule has 0 bridgehead atoms. The highest BCUT2D eigenvalue weighted by molar-refractivity contribution is 7.98. The first-order valence-corrected chi connectivity index (χ1v) is 12.5. The molecule has 3 aromatic rings. The summed E-state index contributed by atoms with van der Waals surface area (Å²) >= 11 is 1.78. The molecule has 1 N–H and O–H groups in total. The molecule has 174 valence electrons. The largest absolute Gasteiger partial charge is 0.502 e. The minimum absolute atomic E-state index is 0.00681. The van der Waals surface area contributed by atoms with Crippen LogP contribution in [0, 0.1) is 0 Å². The van der Waals surface area contributed by atoms with Gasteiger partial charge in [-0.3, -0.25) is 19.3 Å². The van der Waals surface area contributed by atoms with Gasteiger partial charge in [-0.1, -0.05) is 30.3 Å². The van der Waals surface area contributed by atoms with Crippen molar-refractivity contribution < 1.29 is 14.6 Å². The van der Waals surface area contributed by atoms with Gasteiger partial charge in [0.1, 0.15) is 18.0 Å². The van der Waals surface area contributed by atoms with E-state index in [0.717, 1.165) is 27.5 Å². The summed E-state index contributed by atoms with van der Waals surface area (Å²) < 4.78 is 8.01. The van der Waals surface area contributed by atoms with Crippen LogP contribution in [0.4, 0.5) is 0 Å². The van der Waals surface area contributed by atoms with E-state index >= 15 is 0 Å². The van der Waals surface area contributed by atoms with E-state index in [1.807, 2.05) is 38.1 Å². The summed E-state index contributed by atoms with van der Waals surface area (Å²) in [6.07, 6.45) is 1.86. The second-order valence-corrected chi connectivity index (χ2v) is 10.1. The first-order valence-electron chi connectivity index (χ1n) is 11.5. The van der Waals surface area contributed by atoms with E-state index in [2.05, 4.69) is 23.2 Å². The Bertz CT molecular complexity index is 1370. The number of pyridine rings is 1. The van der Waals surface area contributed by atoms with E-state index in [4.69, 9.17) is 4.74 Å². The lowest BCUT2D eigenvalue weighted by Gasteiger charge is -2.52. The second-order valence-electron chi connectivity index (χ2n) is 9.08. The fourth-order valence-corrected chi connectivity index (χ4v) is 6.52. The van der Waals surface area contributed by atoms with Gasteiger partial charge in [-0.2, -0.15) is 0 Å². The van der Waals surface area contributed by atoms with Crippen molar-refractivity contribution in [3.8, 4) is 11.5 Å². The van der Waals surface area contributed by atoms with Crippen LogP contribution in [0.5, 0.6) is 11.5 Å². The smallest absolute Gasteiger partial charge is 0.278 e. The normalized spacial score (nSPS) is 20.9. The van der Waals surface area contributed by atoms with Crippen molar-refractivity contribution in [3.05, 3.63) is 87.3 Å². The van der Waals surface area contributed by atoms with E-state index < -0.39 is 11.2 Å². The number of rotatable bonds is 1. The van der Waals surface area contributed by atoms with Crippen LogP contribution < -0.4 is 15.2 Å². The molecule has 0 radical (unpaired) electrons. The first kappa shape index (κ1) is 21.2. The van der Waals surface area contributed by atoms with Crippen molar-refractivity contribution in [1.29, 1.82) is 0 Å². The Balaban J connectivity index is 1.71. The van der Waals surface area contributed by atoms with Crippen LogP contribution in [0.3, 0.4) is 0 Å². The summed E-state index contributed by atoms with van der Waals surface area (Å²) in [7, 11) is 0. The Morgan fingerprint density at radius 3 is 2.74 bits per heavy atom. The van der Waals surface area contributed by atoms with E-state index in [1.165, 1.54) is 11.6 Å². The lowest BCUT2D eigenvalue weighted by molar-refractivity contribution is 0.0407. The molecule has 6 rings (SSSR count). The van der Waals surface area contributed by atoms with Crippen molar-refractivity contribution in [2.24, 2.45) is 0 Å². The van der Waals surface area contributed by atoms with Crippen LogP contribution >= 0.6 is 11.8 Å². The predicted octanol–water partition coefficient (Wildman–Crippen LogP) is 3.86. The molecular weight excluding hydrogens is 450 g/mol. The lowest BCUT2D eigenvalue weighted by Crippen LogP contribution is -2.64. The quantitative estimate of drug-likeness (QED) is 0.576. The van der Waals surface area contributed by atoms with E-state index in [1.54, 1.807) is 27.5 Å². The molecule has 0 saturated carbocycles. The highest BCUT2D eigenvalue weighted by Gasteiger charge is 2.46. The molecule has 2 unspecified atom stereocenters. The van der Waals surface area contributed by atoms with Crippen molar-refractivity contribution in [1.82, 2.24) is 9.58 Å². The average Bonchev–Trinajstić information content (AvgIpc) is 2.97. The molecule has 0 saturated heterocycles. The second kappa shape index (κ2) is 7.84. The SMILES string of the molecule is CC(C)N1C(=O)c2c(O)c(=O)ccn2N2C3c4ccccc4SCc4cccc(c43)OCCC12. The Labute approximate surface area is 201 Å². The zero-order valence-corrected chi connectivity index (χ0v) is 19.8. The van der Waals surface area contributed by atoms with Gasteiger partial charge < -0.3 is 14.7 Å². The number of ether oxygens (including phenoxy) is 1. The number of nitrogens with zero attached hydrogens (tertiary/aromatic N) is 3. The fourth-order valence-electron chi connectivity index (χ4n) is 5.43. The third-order valence-corrected chi connectivity index (χ3v) is 7.99. The van der Waals surface area contributed by atoms with Crippen LogP contribution in [0.2, 0.25) is 0 Å². The number of benzene rings is 2. The predicted molar refractivity (Wildman–Crippen MR) is 130 cm³/mol. The molecule has 2 aromatic carbocycles. The van der Waals surface area contributed by atoms with Crippen molar-refractivity contribution in [2.45, 2.75) is 49.2 Å². The van der Waals surface area contributed by atoms with Crippen LogP contribution in [0.15, 0.2) is 64.4 Å². The molecule has 3 aliphatic rings. The Hall–Kier alpha value is -3.39. The number of carbonyl (C=O) groups is 1. The molecule has 0 aliphatic carbocycles. The van der Waals surface area contributed by atoms with Gasteiger partial charge in [0.15, 0.2) is 11.4 Å². The molecular formula is C26H25N3O4S. The third-order valence-electron chi connectivity index (χ3n) is 6.85. The van der Waals surface area contributed by atoms with Gasteiger partial charge in [-0.05, 0) is 37.1 Å². The number of carbonyl (C=O) groups excluding carboxylic acids is 1. The molecule has 1 amide bonds. The van der Waals surface area contributed by atoms with E-state index in [0.29, 0.717) is 13.0 Å². The van der Waals surface area contributed by atoms with E-state index in [9.17, 15) is 14.7 Å². The number of aromatic hydroxyl groups is 1. The first-order chi connectivity index (χ1) is 16.5. The molecule has 0 fully saturated rings. The molecule has 4 heterocycles. The zero-order chi connectivity index (χ0) is 23.6. The Morgan fingerprint density at radius 2 is 1.91 bits per heavy atom. The van der Waals surface area contributed by atoms with Gasteiger partial charge >= 0.3 is 0 Å². The highest BCUT2D eigenvalue weighted by atomic mass is 32.2. The van der Waals surface area contributed by atoms with Crippen molar-refractivity contribution in [3.63, 3.8) is 0 Å².